The van der Waals surface area contributed by atoms with Crippen molar-refractivity contribution < 1.29 is 26.0 Å². The third-order valence-corrected chi connectivity index (χ3v) is 6.10. The SMILES string of the molecule is CS(=O)(=O)CCC(NS(=O)(=O)/C=C/c1ccccc1)C(=O)NCc1ccc(F)cc1. The van der Waals surface area contributed by atoms with Gasteiger partial charge in [0.15, 0.2) is 0 Å². The van der Waals surface area contributed by atoms with Gasteiger partial charge in [0.2, 0.25) is 15.9 Å². The molecule has 0 heterocycles. The van der Waals surface area contributed by atoms with Crippen molar-refractivity contribution in [1.29, 1.82) is 0 Å². The minimum absolute atomic E-state index is 0.0378. The van der Waals surface area contributed by atoms with Gasteiger partial charge in [0.05, 0.1) is 5.75 Å². The number of carbonyl (C=O) groups is 1. The zero-order valence-electron chi connectivity index (χ0n) is 16.3. The molecule has 0 radical (unpaired) electrons. The Morgan fingerprint density at radius 3 is 2.27 bits per heavy atom. The lowest BCUT2D eigenvalue weighted by Crippen LogP contribution is -2.46. The van der Waals surface area contributed by atoms with E-state index in [0.717, 1.165) is 11.7 Å². The predicted octanol–water partition coefficient (Wildman–Crippen LogP) is 1.84. The predicted molar refractivity (Wildman–Crippen MR) is 114 cm³/mol. The van der Waals surface area contributed by atoms with Crippen LogP contribution in [0.4, 0.5) is 4.39 Å². The van der Waals surface area contributed by atoms with Crippen LogP contribution >= 0.6 is 0 Å². The summed E-state index contributed by atoms with van der Waals surface area (Å²) in [6, 6.07) is 12.9. The van der Waals surface area contributed by atoms with Gasteiger partial charge in [-0.25, -0.2) is 21.2 Å². The highest BCUT2D eigenvalue weighted by atomic mass is 32.2. The van der Waals surface area contributed by atoms with Gasteiger partial charge in [0.1, 0.15) is 21.7 Å². The van der Waals surface area contributed by atoms with Gasteiger partial charge in [-0.3, -0.25) is 4.79 Å². The summed E-state index contributed by atoms with van der Waals surface area (Å²) in [5.41, 5.74) is 1.26. The lowest BCUT2D eigenvalue weighted by atomic mass is 10.2. The van der Waals surface area contributed by atoms with Crippen LogP contribution in [0, 0.1) is 5.82 Å². The number of carbonyl (C=O) groups excluding carboxylic acids is 1. The van der Waals surface area contributed by atoms with Crippen LogP contribution in [-0.4, -0.2) is 40.8 Å². The van der Waals surface area contributed by atoms with E-state index in [-0.39, 0.29) is 18.7 Å². The van der Waals surface area contributed by atoms with E-state index in [1.807, 2.05) is 0 Å². The van der Waals surface area contributed by atoms with Gasteiger partial charge >= 0.3 is 0 Å². The van der Waals surface area contributed by atoms with Gasteiger partial charge in [-0.15, -0.1) is 0 Å². The Kier molecular flexibility index (Phi) is 8.27. The molecule has 1 amide bonds. The molecular formula is C20H23FN2O5S2. The molecule has 1 unspecified atom stereocenters. The molecule has 162 valence electrons. The Morgan fingerprint density at radius 2 is 1.67 bits per heavy atom. The van der Waals surface area contributed by atoms with E-state index in [1.165, 1.54) is 30.3 Å². The zero-order valence-corrected chi connectivity index (χ0v) is 17.9. The Morgan fingerprint density at radius 1 is 1.03 bits per heavy atom. The minimum Gasteiger partial charge on any atom is -0.351 e. The molecule has 0 aliphatic rings. The molecule has 0 fully saturated rings. The monoisotopic (exact) mass is 454 g/mol. The number of amides is 1. The van der Waals surface area contributed by atoms with Crippen molar-refractivity contribution in [1.82, 2.24) is 10.0 Å². The minimum atomic E-state index is -4.02. The molecule has 2 N–H and O–H groups in total. The van der Waals surface area contributed by atoms with Gasteiger partial charge < -0.3 is 5.32 Å². The standard InChI is InChI=1S/C20H23FN2O5S2/c1-29(25,26)13-12-19(20(24)22-15-17-7-9-18(21)10-8-17)23-30(27,28)14-11-16-5-3-2-4-6-16/h2-11,14,19,23H,12-13,15H2,1H3,(H,22,24)/b14-11+. The number of rotatable bonds is 10. The van der Waals surface area contributed by atoms with Crippen LogP contribution in [0.5, 0.6) is 0 Å². The second-order valence-corrected chi connectivity index (χ2v) is 10.5. The van der Waals surface area contributed by atoms with Gasteiger partial charge in [0, 0.05) is 18.2 Å². The van der Waals surface area contributed by atoms with Crippen LogP contribution < -0.4 is 10.0 Å². The highest BCUT2D eigenvalue weighted by molar-refractivity contribution is 7.92. The van der Waals surface area contributed by atoms with E-state index in [0.29, 0.717) is 11.1 Å². The molecule has 1 atom stereocenters. The van der Waals surface area contributed by atoms with Gasteiger partial charge in [-0.1, -0.05) is 42.5 Å². The first-order valence-electron chi connectivity index (χ1n) is 8.99. The van der Waals surface area contributed by atoms with Crippen molar-refractivity contribution in [2.24, 2.45) is 0 Å². The van der Waals surface area contributed by atoms with Crippen molar-refractivity contribution in [2.75, 3.05) is 12.0 Å². The first kappa shape index (κ1) is 23.7. The van der Waals surface area contributed by atoms with Crippen LogP contribution in [-0.2, 0) is 31.2 Å². The van der Waals surface area contributed by atoms with Crippen LogP contribution in [0.3, 0.4) is 0 Å². The average Bonchev–Trinajstić information content (AvgIpc) is 2.69. The highest BCUT2D eigenvalue weighted by Crippen LogP contribution is 2.07. The van der Waals surface area contributed by atoms with Crippen molar-refractivity contribution in [3.8, 4) is 0 Å². The number of sulfonamides is 1. The number of sulfone groups is 1. The van der Waals surface area contributed by atoms with E-state index >= 15 is 0 Å². The lowest BCUT2D eigenvalue weighted by Gasteiger charge is -2.17. The summed E-state index contributed by atoms with van der Waals surface area (Å²) >= 11 is 0. The van der Waals surface area contributed by atoms with Gasteiger partial charge in [-0.05, 0) is 35.8 Å². The third kappa shape index (κ3) is 8.85. The van der Waals surface area contributed by atoms with Crippen molar-refractivity contribution in [3.63, 3.8) is 0 Å². The summed E-state index contributed by atoms with van der Waals surface area (Å²) in [4.78, 5) is 12.5. The molecule has 0 bridgehead atoms. The maximum atomic E-state index is 13.0. The van der Waals surface area contributed by atoms with Crippen molar-refractivity contribution >= 4 is 31.8 Å². The molecule has 30 heavy (non-hydrogen) atoms. The molecule has 0 aliphatic heterocycles. The molecule has 0 aliphatic carbocycles. The zero-order chi connectivity index (χ0) is 22.2. The molecule has 7 nitrogen and oxygen atoms in total. The molecule has 2 rings (SSSR count). The summed E-state index contributed by atoms with van der Waals surface area (Å²) in [5, 5.41) is 3.46. The van der Waals surface area contributed by atoms with Gasteiger partial charge in [-0.2, -0.15) is 4.72 Å². The number of benzene rings is 2. The molecule has 10 heteroatoms. The smallest absolute Gasteiger partial charge is 0.238 e. The second kappa shape index (κ2) is 10.5. The normalized spacial score (nSPS) is 13.3. The van der Waals surface area contributed by atoms with Crippen LogP contribution in [0.25, 0.3) is 6.08 Å². The fourth-order valence-electron chi connectivity index (χ4n) is 2.46. The fraction of sp³-hybridized carbons (Fsp3) is 0.250. The largest absolute Gasteiger partial charge is 0.351 e. The van der Waals surface area contributed by atoms with Crippen LogP contribution in [0.15, 0.2) is 60.0 Å². The second-order valence-electron chi connectivity index (χ2n) is 6.69. The van der Waals surface area contributed by atoms with E-state index in [2.05, 4.69) is 10.0 Å². The molecule has 0 aromatic heterocycles. The summed E-state index contributed by atoms with van der Waals surface area (Å²) < 4.78 is 63.0. The van der Waals surface area contributed by atoms with Crippen molar-refractivity contribution in [2.45, 2.75) is 19.0 Å². The number of nitrogens with one attached hydrogen (secondary N) is 2. The highest BCUT2D eigenvalue weighted by Gasteiger charge is 2.24. The summed E-state index contributed by atoms with van der Waals surface area (Å²) in [6.45, 7) is 0.0378. The Labute approximate surface area is 176 Å². The quantitative estimate of drug-likeness (QED) is 0.569. The topological polar surface area (TPSA) is 109 Å². The Hall–Kier alpha value is -2.56. The summed E-state index contributed by atoms with van der Waals surface area (Å²) in [7, 11) is -7.43. The van der Waals surface area contributed by atoms with Gasteiger partial charge in [0.25, 0.3) is 0 Å². The fourth-order valence-corrected chi connectivity index (χ4v) is 4.16. The maximum absolute atomic E-state index is 13.0. The number of hydrogen-bond donors (Lipinski definition) is 2. The number of hydrogen-bond acceptors (Lipinski definition) is 5. The van der Waals surface area contributed by atoms with Crippen LogP contribution in [0.2, 0.25) is 0 Å². The summed E-state index contributed by atoms with van der Waals surface area (Å²) in [5.74, 6) is -1.47. The van der Waals surface area contributed by atoms with E-state index < -0.39 is 37.6 Å². The van der Waals surface area contributed by atoms with E-state index in [1.54, 1.807) is 30.3 Å². The molecule has 0 spiro atoms. The lowest BCUT2D eigenvalue weighted by molar-refractivity contribution is -0.122. The van der Waals surface area contributed by atoms with Crippen molar-refractivity contribution in [3.05, 3.63) is 76.9 Å². The number of halogens is 1. The first-order chi connectivity index (χ1) is 14.0. The Bertz CT molecular complexity index is 1080. The first-order valence-corrected chi connectivity index (χ1v) is 12.6. The molecule has 2 aromatic rings. The summed E-state index contributed by atoms with van der Waals surface area (Å²) in [6.07, 6.45) is 2.14. The molecular weight excluding hydrogens is 431 g/mol. The Balaban J connectivity index is 2.09. The van der Waals surface area contributed by atoms with Crippen LogP contribution in [0.1, 0.15) is 17.5 Å². The molecule has 2 aromatic carbocycles. The van der Waals surface area contributed by atoms with E-state index in [9.17, 15) is 26.0 Å². The molecule has 0 saturated carbocycles. The third-order valence-electron chi connectivity index (χ3n) is 4.02. The van der Waals surface area contributed by atoms with E-state index in [4.69, 9.17) is 0 Å². The molecule has 0 saturated heterocycles. The maximum Gasteiger partial charge on any atom is 0.238 e. The average molecular weight is 455 g/mol.